The van der Waals surface area contributed by atoms with E-state index in [1.807, 2.05) is 4.98 Å². The Kier molecular flexibility index (Phi) is 28.4. The van der Waals surface area contributed by atoms with Crippen molar-refractivity contribution in [2.45, 2.75) is 147 Å². The Morgan fingerprint density at radius 2 is 1.00 bits per heavy atom. The van der Waals surface area contributed by atoms with E-state index in [1.165, 1.54) is 53.2 Å². The second-order valence-electron chi connectivity index (χ2n) is 22.8. The molecule has 2 aliphatic carbocycles. The Labute approximate surface area is 561 Å². The summed E-state index contributed by atoms with van der Waals surface area (Å²) in [4.78, 5) is 173. The van der Waals surface area contributed by atoms with Crippen molar-refractivity contribution in [2.75, 3.05) is 33.0 Å². The molecule has 0 aromatic carbocycles. The number of aliphatic hydroxyl groups is 2. The predicted molar refractivity (Wildman–Crippen MR) is 330 cm³/mol. The van der Waals surface area contributed by atoms with Crippen LogP contribution in [0.25, 0.3) is 0 Å². The number of nitrogens with zero attached hydrogens (tertiary/aromatic N) is 6. The number of aryl methyl sites for hydroxylation is 4. The van der Waals surface area contributed by atoms with E-state index >= 15 is 0 Å². The molecule has 5 heterocycles. The normalized spacial score (nSPS) is 25.9. The van der Waals surface area contributed by atoms with E-state index in [2.05, 4.69) is 56.2 Å². The number of aliphatic hydroxyl groups excluding tert-OH is 2. The molecule has 4 aromatic heterocycles. The number of phosphoric acid groups is 8. The van der Waals surface area contributed by atoms with Crippen LogP contribution in [0.1, 0.15) is 111 Å². The minimum atomic E-state index is -6.57. The summed E-state index contributed by atoms with van der Waals surface area (Å²) in [7, 11) is -47.4. The molecule has 1 saturated heterocycles. The van der Waals surface area contributed by atoms with Crippen LogP contribution in [0.5, 0.6) is 0 Å². The number of amides is 1. The number of carbonyl (C=O) groups is 1. The average molecular weight is 1590 g/mol. The molecule has 0 spiro atoms. The lowest BCUT2D eigenvalue weighted by atomic mass is 10.1. The number of hydrogen-bond acceptors (Lipinski definition) is 31. The first kappa shape index (κ1) is 82.9. The molecule has 7 rings (SSSR count). The zero-order valence-corrected chi connectivity index (χ0v) is 59.6. The molecule has 4 aromatic rings. The zero-order chi connectivity index (χ0) is 74.1. The topological polar surface area (TPSA) is 674 Å². The van der Waals surface area contributed by atoms with Crippen molar-refractivity contribution in [3.05, 3.63) is 110 Å². The molecule has 0 radical (unpaired) electrons. The van der Waals surface area contributed by atoms with Crippen LogP contribution in [-0.4, -0.2) is 156 Å². The van der Waals surface area contributed by atoms with Crippen LogP contribution in [0.15, 0.2) is 53.6 Å². The van der Waals surface area contributed by atoms with Gasteiger partial charge in [0.15, 0.2) is 0 Å². The molecule has 3 aliphatic rings. The Balaban J connectivity index is 0.756. The average Bonchev–Trinajstić information content (AvgIpc) is 1.54. The van der Waals surface area contributed by atoms with Gasteiger partial charge in [-0.3, -0.25) is 79.7 Å². The Morgan fingerprint density at radius 3 is 1.57 bits per heavy atom. The third-order valence-electron chi connectivity index (χ3n) is 15.0. The molecule has 17 atom stereocenters. The molecule has 1 aliphatic heterocycles. The molecular weight excluding hydrogens is 1520 g/mol. The van der Waals surface area contributed by atoms with E-state index in [1.54, 1.807) is 0 Å². The quantitative estimate of drug-likeness (QED) is 0.0219. The van der Waals surface area contributed by atoms with Gasteiger partial charge >= 0.3 is 79.7 Å². The molecule has 3 fully saturated rings. The Morgan fingerprint density at radius 1 is 0.530 bits per heavy atom. The fourth-order valence-electron chi connectivity index (χ4n) is 10.3. The van der Waals surface area contributed by atoms with Crippen LogP contribution >= 0.6 is 62.6 Å². The van der Waals surface area contributed by atoms with Crippen LogP contribution in [0.3, 0.4) is 0 Å². The van der Waals surface area contributed by atoms with Crippen molar-refractivity contribution >= 4 is 68.5 Å². The number of aromatic nitrogens is 9. The van der Waals surface area contributed by atoms with E-state index in [0.29, 0.717) is 12.8 Å². The SMILES string of the molecule is Cc1cn([C@H]2CC(O)[C@@H](COP(=O)(O)OC3C[C@H](n4cc(C)c(=O)[nH]c4=O)C[C@@H]3COP(=O)(O)OCc3cn(CCCC(=O)NCCCCCCOP(=O)(O)OP(=O)(O)OP(=O)(O)OP(=O)(O)OP(=O)(O)OP(=O)(O)OC[C@@H]4O[C@H](n5cc(C)c(=O)[nH]c5=O)CC4O)nn3)C2)c(=O)[nH]c1=O. The second-order valence-corrected chi connectivity index (χ2v) is 35.1. The number of aromatic amines is 3. The maximum absolute atomic E-state index is 13.4. The summed E-state index contributed by atoms with van der Waals surface area (Å²) >= 11 is 0. The van der Waals surface area contributed by atoms with Crippen molar-refractivity contribution < 1.29 is 144 Å². The van der Waals surface area contributed by atoms with E-state index in [9.17, 15) is 119 Å². The number of hydrogen-bond donors (Lipinski definition) is 14. The number of phosphoric ester groups is 4. The van der Waals surface area contributed by atoms with Crippen LogP contribution in [-0.2, 0) is 108 Å². The van der Waals surface area contributed by atoms with Crippen LogP contribution in [0, 0.1) is 32.6 Å². The van der Waals surface area contributed by atoms with Crippen LogP contribution in [0.2, 0.25) is 0 Å². The Hall–Kier alpha value is -4.39. The van der Waals surface area contributed by atoms with E-state index in [-0.39, 0.29) is 99.2 Å². The molecule has 100 heavy (non-hydrogen) atoms. The predicted octanol–water partition coefficient (Wildman–Crippen LogP) is 1.08. The third kappa shape index (κ3) is 25.5. The highest BCUT2D eigenvalue weighted by molar-refractivity contribution is 7.72. The first-order chi connectivity index (χ1) is 46.3. The summed E-state index contributed by atoms with van der Waals surface area (Å²) in [5, 5.41) is 31.5. The third-order valence-corrected chi connectivity index (χ3v) is 26.2. The monoisotopic (exact) mass is 1590 g/mol. The van der Waals surface area contributed by atoms with Gasteiger partial charge in [-0.2, -0.15) is 21.6 Å². The van der Waals surface area contributed by atoms with Crippen LogP contribution < -0.4 is 39.1 Å². The maximum atomic E-state index is 13.4. The van der Waals surface area contributed by atoms with Crippen molar-refractivity contribution in [1.82, 2.24) is 49.0 Å². The number of nitrogens with one attached hydrogen (secondary N) is 4. The van der Waals surface area contributed by atoms with Gasteiger partial charge in [-0.15, -0.1) is 5.10 Å². The van der Waals surface area contributed by atoms with Crippen molar-refractivity contribution in [1.29, 1.82) is 0 Å². The fraction of sp³-hybridized carbons (Fsp3) is 0.667. The van der Waals surface area contributed by atoms with Gasteiger partial charge in [0.05, 0.1) is 50.9 Å². The number of unbranched alkanes of at least 4 members (excludes halogenated alkanes) is 3. The maximum Gasteiger partial charge on any atom is 0.490 e. The highest BCUT2D eigenvalue weighted by atomic mass is 31.3. The lowest BCUT2D eigenvalue weighted by Crippen LogP contribution is -2.33. The van der Waals surface area contributed by atoms with Gasteiger partial charge in [0, 0.05) is 85.1 Å². The summed E-state index contributed by atoms with van der Waals surface area (Å²) in [5.41, 5.74) is -3.92. The van der Waals surface area contributed by atoms with Gasteiger partial charge in [0.25, 0.3) is 16.7 Å². The first-order valence-corrected chi connectivity index (χ1v) is 41.5. The number of rotatable bonds is 39. The molecule has 0 bridgehead atoms. The highest BCUT2D eigenvalue weighted by Crippen LogP contribution is 2.75. The second kappa shape index (κ2) is 34.2. The highest BCUT2D eigenvalue weighted by Gasteiger charge is 2.51. The van der Waals surface area contributed by atoms with Crippen LogP contribution in [0.4, 0.5) is 0 Å². The van der Waals surface area contributed by atoms with Gasteiger partial charge in [-0.05, 0) is 65.7 Å². The summed E-state index contributed by atoms with van der Waals surface area (Å²) < 4.78 is 159. The van der Waals surface area contributed by atoms with Crippen molar-refractivity contribution in [2.24, 2.45) is 11.8 Å². The van der Waals surface area contributed by atoms with E-state index in [4.69, 9.17) is 22.8 Å². The van der Waals surface area contributed by atoms with Gasteiger partial charge in [0.2, 0.25) is 5.91 Å². The molecule has 55 heteroatoms. The number of carbonyl (C=O) groups excluding carboxylic acids is 1. The standard InChI is InChI=1S/C45H72N10O37P8/c1-26-18-53(43(62)47-40(26)59)32-13-29(34(56)15-32)22-83-94(67,68)87-36-16-33(54-19-27(2)41(60)48-44(54)63)14-30(36)23-82-93(65,66)84-24-31-21-52(51-50-31)11-8-9-38(58)46-10-6-4-5-7-12-81-95(69,70)88-97(73,74)90-99(77,78)92-100(79,80)91-98(75,76)89-96(71,72)85-25-37-35(57)17-39(86-37)55-20-28(3)42(61)49-45(55)64/h18-21,29-30,32-37,39,56-57H,4-17,22-25H2,1-3H3,(H,46,58)(H,65,66)(H,67,68)(H,69,70)(H,71,72)(H,73,74)(H,75,76)(H,77,78)(H,79,80)(H,47,59,62)(H,48,60,63)(H,49,61,64)/t29-,30-,32-,33-,34?,35?,36?,37+,39+/m1/s1. The summed E-state index contributed by atoms with van der Waals surface area (Å²) in [6.07, 6.45) is -0.881. The van der Waals surface area contributed by atoms with E-state index < -0.39 is 184 Å². The summed E-state index contributed by atoms with van der Waals surface area (Å²) in [6, 6.07) is -1.38. The summed E-state index contributed by atoms with van der Waals surface area (Å²) in [6.45, 7) is 1.01. The minimum Gasteiger partial charge on any atom is -0.393 e. The largest absolute Gasteiger partial charge is 0.490 e. The summed E-state index contributed by atoms with van der Waals surface area (Å²) in [5.74, 6) is -2.12. The molecule has 11 unspecified atom stereocenters. The first-order valence-electron chi connectivity index (χ1n) is 29.5. The minimum absolute atomic E-state index is 0.00463. The van der Waals surface area contributed by atoms with Crippen molar-refractivity contribution in [3.8, 4) is 0 Å². The zero-order valence-electron chi connectivity index (χ0n) is 52.5. The molecule has 2 saturated carbocycles. The fourth-order valence-corrected chi connectivity index (χ4v) is 19.9. The number of ether oxygens (including phenoxy) is 1. The molecule has 564 valence electrons. The molecule has 1 amide bonds. The molecule has 14 N–H and O–H groups in total. The molecule has 47 nitrogen and oxygen atoms in total. The molecular formula is C45H72N10O37P8. The van der Waals surface area contributed by atoms with Crippen molar-refractivity contribution in [3.63, 3.8) is 0 Å². The lowest BCUT2D eigenvalue weighted by Gasteiger charge is -2.24. The van der Waals surface area contributed by atoms with Gasteiger partial charge in [0.1, 0.15) is 24.6 Å². The Bertz CT molecular complexity index is 4360. The van der Waals surface area contributed by atoms with Gasteiger partial charge in [-0.25, -0.2) is 50.9 Å². The number of H-pyrrole nitrogens is 3. The van der Waals surface area contributed by atoms with Gasteiger partial charge in [-0.1, -0.05) is 18.1 Å². The smallest absolute Gasteiger partial charge is 0.393 e. The van der Waals surface area contributed by atoms with Gasteiger partial charge < -0.3 is 59.4 Å². The van der Waals surface area contributed by atoms with E-state index in [0.717, 1.165) is 10.8 Å². The lowest BCUT2D eigenvalue weighted by molar-refractivity contribution is -0.121.